The van der Waals surface area contributed by atoms with Crippen LogP contribution in [0.15, 0.2) is 18.2 Å². The largest absolute Gasteiger partial charge is 0.368 e. The summed E-state index contributed by atoms with van der Waals surface area (Å²) in [6.45, 7) is 2.79. The van der Waals surface area contributed by atoms with Crippen molar-refractivity contribution in [2.75, 3.05) is 11.4 Å². The molecule has 0 aromatic heterocycles. The van der Waals surface area contributed by atoms with Gasteiger partial charge in [0.25, 0.3) is 0 Å². The Morgan fingerprint density at radius 3 is 2.72 bits per heavy atom. The highest BCUT2D eigenvalue weighted by molar-refractivity contribution is 5.95. The number of anilines is 1. The molecule has 0 N–H and O–H groups in total. The van der Waals surface area contributed by atoms with Crippen molar-refractivity contribution in [1.29, 1.82) is 0 Å². The van der Waals surface area contributed by atoms with E-state index in [2.05, 4.69) is 17.0 Å². The number of nitrogens with zero attached hydrogens (tertiary/aromatic N) is 1. The van der Waals surface area contributed by atoms with Gasteiger partial charge in [0.2, 0.25) is 0 Å². The first-order valence-electron chi connectivity index (χ1n) is 7.16. The van der Waals surface area contributed by atoms with E-state index in [9.17, 15) is 4.79 Å². The van der Waals surface area contributed by atoms with Crippen molar-refractivity contribution in [3.8, 4) is 0 Å². The van der Waals surface area contributed by atoms with Gasteiger partial charge in [-0.25, -0.2) is 0 Å². The van der Waals surface area contributed by atoms with Crippen LogP contribution in [0.2, 0.25) is 0 Å². The number of ketones is 1. The van der Waals surface area contributed by atoms with E-state index in [0.717, 1.165) is 18.5 Å². The lowest BCUT2D eigenvalue weighted by molar-refractivity contribution is 0.101. The molecule has 0 bridgehead atoms. The predicted molar refractivity (Wildman–Crippen MR) is 74.4 cm³/mol. The van der Waals surface area contributed by atoms with Gasteiger partial charge in [-0.1, -0.05) is 31.4 Å². The third-order valence-electron chi connectivity index (χ3n) is 4.44. The van der Waals surface area contributed by atoms with E-state index < -0.39 is 0 Å². The Morgan fingerprint density at radius 1 is 1.22 bits per heavy atom. The van der Waals surface area contributed by atoms with Crippen LogP contribution in [0.3, 0.4) is 0 Å². The lowest BCUT2D eigenvalue weighted by atomic mass is 9.94. The predicted octanol–water partition coefficient (Wildman–Crippen LogP) is 3.58. The second-order valence-electron chi connectivity index (χ2n) is 5.63. The van der Waals surface area contributed by atoms with Crippen LogP contribution in [0.5, 0.6) is 0 Å². The van der Waals surface area contributed by atoms with Gasteiger partial charge in [-0.2, -0.15) is 0 Å². The maximum atomic E-state index is 11.5. The average Bonchev–Trinajstić information content (AvgIpc) is 2.82. The summed E-state index contributed by atoms with van der Waals surface area (Å²) in [6, 6.07) is 6.95. The normalized spacial score (nSPS) is 19.9. The van der Waals surface area contributed by atoms with Gasteiger partial charge < -0.3 is 4.90 Å². The molecular formula is C16H21NO. The SMILES string of the molecule is CC(=O)c1ccc2c(c1)N(C1CCCCC1)CC2. The first kappa shape index (κ1) is 11.8. The van der Waals surface area contributed by atoms with E-state index >= 15 is 0 Å². The summed E-state index contributed by atoms with van der Waals surface area (Å²) in [5.74, 6) is 0.174. The Balaban J connectivity index is 1.89. The summed E-state index contributed by atoms with van der Waals surface area (Å²) in [7, 11) is 0. The third kappa shape index (κ3) is 2.05. The van der Waals surface area contributed by atoms with E-state index in [4.69, 9.17) is 0 Å². The molecule has 0 spiro atoms. The van der Waals surface area contributed by atoms with Crippen molar-refractivity contribution < 1.29 is 4.79 Å². The summed E-state index contributed by atoms with van der Waals surface area (Å²) >= 11 is 0. The molecule has 0 atom stereocenters. The summed E-state index contributed by atoms with van der Waals surface area (Å²) in [5.41, 5.74) is 3.61. The molecule has 1 fully saturated rings. The Morgan fingerprint density at radius 2 is 2.00 bits per heavy atom. The molecule has 3 rings (SSSR count). The van der Waals surface area contributed by atoms with E-state index in [1.54, 1.807) is 6.92 Å². The second kappa shape index (κ2) is 4.75. The van der Waals surface area contributed by atoms with Crippen LogP contribution in [0, 0.1) is 0 Å². The Kier molecular flexibility index (Phi) is 3.11. The summed E-state index contributed by atoms with van der Waals surface area (Å²) in [5, 5.41) is 0. The fourth-order valence-corrected chi connectivity index (χ4v) is 3.39. The molecular weight excluding hydrogens is 222 g/mol. The fourth-order valence-electron chi connectivity index (χ4n) is 3.39. The number of carbonyl (C=O) groups excluding carboxylic acids is 1. The van der Waals surface area contributed by atoms with E-state index in [1.165, 1.54) is 43.4 Å². The first-order valence-corrected chi connectivity index (χ1v) is 7.16. The maximum absolute atomic E-state index is 11.5. The number of hydrogen-bond acceptors (Lipinski definition) is 2. The molecule has 0 unspecified atom stereocenters. The molecule has 2 heteroatoms. The van der Waals surface area contributed by atoms with Crippen LogP contribution in [0.1, 0.15) is 54.9 Å². The number of rotatable bonds is 2. The Labute approximate surface area is 109 Å². The van der Waals surface area contributed by atoms with E-state index in [-0.39, 0.29) is 5.78 Å². The molecule has 1 saturated carbocycles. The van der Waals surface area contributed by atoms with E-state index in [1.807, 2.05) is 6.07 Å². The highest BCUT2D eigenvalue weighted by atomic mass is 16.1. The van der Waals surface area contributed by atoms with Crippen LogP contribution < -0.4 is 4.90 Å². The highest BCUT2D eigenvalue weighted by Crippen LogP contribution is 2.35. The van der Waals surface area contributed by atoms with Gasteiger partial charge in [0.15, 0.2) is 5.78 Å². The zero-order valence-electron chi connectivity index (χ0n) is 11.1. The molecule has 1 aliphatic heterocycles. The monoisotopic (exact) mass is 243 g/mol. The minimum absolute atomic E-state index is 0.174. The summed E-state index contributed by atoms with van der Waals surface area (Å²) < 4.78 is 0. The van der Waals surface area contributed by atoms with Gasteiger partial charge in [0.05, 0.1) is 0 Å². The molecule has 1 aromatic rings. The third-order valence-corrected chi connectivity index (χ3v) is 4.44. The minimum atomic E-state index is 0.174. The van der Waals surface area contributed by atoms with Crippen molar-refractivity contribution in [3.63, 3.8) is 0 Å². The average molecular weight is 243 g/mol. The topological polar surface area (TPSA) is 20.3 Å². The molecule has 18 heavy (non-hydrogen) atoms. The maximum Gasteiger partial charge on any atom is 0.159 e. The molecule has 2 nitrogen and oxygen atoms in total. The van der Waals surface area contributed by atoms with Crippen LogP contribution >= 0.6 is 0 Å². The van der Waals surface area contributed by atoms with Crippen molar-refractivity contribution in [3.05, 3.63) is 29.3 Å². The summed E-state index contributed by atoms with van der Waals surface area (Å²) in [4.78, 5) is 14.1. The summed E-state index contributed by atoms with van der Waals surface area (Å²) in [6.07, 6.45) is 7.91. The van der Waals surface area contributed by atoms with Crippen molar-refractivity contribution in [2.24, 2.45) is 0 Å². The molecule has 1 heterocycles. The molecule has 1 aromatic carbocycles. The number of Topliss-reactive ketones (excluding diaryl/α,β-unsaturated/α-hetero) is 1. The number of carbonyl (C=O) groups is 1. The van der Waals surface area contributed by atoms with Gasteiger partial charge >= 0.3 is 0 Å². The fraction of sp³-hybridized carbons (Fsp3) is 0.562. The molecule has 0 radical (unpaired) electrons. The standard InChI is InChI=1S/C16H21NO/c1-12(18)14-8-7-13-9-10-17(16(13)11-14)15-5-3-2-4-6-15/h7-8,11,15H,2-6,9-10H2,1H3. The molecule has 96 valence electrons. The number of benzene rings is 1. The first-order chi connectivity index (χ1) is 8.75. The van der Waals surface area contributed by atoms with Crippen molar-refractivity contribution >= 4 is 11.5 Å². The quantitative estimate of drug-likeness (QED) is 0.740. The van der Waals surface area contributed by atoms with Crippen molar-refractivity contribution in [2.45, 2.75) is 51.5 Å². The van der Waals surface area contributed by atoms with Crippen molar-refractivity contribution in [1.82, 2.24) is 0 Å². The van der Waals surface area contributed by atoms with Crippen LogP contribution in [-0.2, 0) is 6.42 Å². The Bertz CT molecular complexity index is 460. The second-order valence-corrected chi connectivity index (χ2v) is 5.63. The number of fused-ring (bicyclic) bond motifs is 1. The molecule has 1 aliphatic carbocycles. The van der Waals surface area contributed by atoms with Gasteiger partial charge in [-0.3, -0.25) is 4.79 Å². The zero-order chi connectivity index (χ0) is 12.5. The Hall–Kier alpha value is -1.31. The van der Waals surface area contributed by atoms with Gasteiger partial charge in [-0.15, -0.1) is 0 Å². The number of hydrogen-bond donors (Lipinski definition) is 0. The minimum Gasteiger partial charge on any atom is -0.368 e. The zero-order valence-corrected chi connectivity index (χ0v) is 11.1. The van der Waals surface area contributed by atoms with Crippen LogP contribution in [0.4, 0.5) is 5.69 Å². The lowest BCUT2D eigenvalue weighted by Gasteiger charge is -2.33. The van der Waals surface area contributed by atoms with Crippen LogP contribution in [0.25, 0.3) is 0 Å². The smallest absolute Gasteiger partial charge is 0.159 e. The lowest BCUT2D eigenvalue weighted by Crippen LogP contribution is -2.35. The van der Waals surface area contributed by atoms with Gasteiger partial charge in [0.1, 0.15) is 0 Å². The molecule has 0 amide bonds. The molecule has 0 saturated heterocycles. The molecule has 2 aliphatic rings. The van der Waals surface area contributed by atoms with Crippen LogP contribution in [-0.4, -0.2) is 18.4 Å². The van der Waals surface area contributed by atoms with Gasteiger partial charge in [0, 0.05) is 23.8 Å². The van der Waals surface area contributed by atoms with Gasteiger partial charge in [-0.05, 0) is 37.8 Å². The highest BCUT2D eigenvalue weighted by Gasteiger charge is 2.27. The van der Waals surface area contributed by atoms with E-state index in [0.29, 0.717) is 6.04 Å².